The minimum atomic E-state index is -3.51. The van der Waals surface area contributed by atoms with Crippen LogP contribution in [0.15, 0.2) is 70.5 Å². The fraction of sp³-hybridized carbons (Fsp3) is 0.400. The summed E-state index contributed by atoms with van der Waals surface area (Å²) in [5, 5.41) is 0. The van der Waals surface area contributed by atoms with Gasteiger partial charge in [0.05, 0.1) is 9.79 Å². The van der Waals surface area contributed by atoms with Crippen LogP contribution in [0.4, 0.5) is 0 Å². The smallest absolute Gasteiger partial charge is 0.211 e. The minimum Gasteiger partial charge on any atom is -0.211 e. The van der Waals surface area contributed by atoms with E-state index in [4.69, 9.17) is 0 Å². The van der Waals surface area contributed by atoms with Crippen molar-refractivity contribution in [3.63, 3.8) is 0 Å². The average molecular weight is 423 g/mol. The van der Waals surface area contributed by atoms with Gasteiger partial charge in [0.2, 0.25) is 20.0 Å². The van der Waals surface area contributed by atoms with Gasteiger partial charge in [-0.05, 0) is 55.4 Å². The van der Waals surface area contributed by atoms with E-state index < -0.39 is 20.0 Å². The molecule has 0 unspecified atom stereocenters. The maximum absolute atomic E-state index is 12.4. The summed E-state index contributed by atoms with van der Waals surface area (Å²) in [5.74, 6) is 0.414. The molecule has 3 rings (SSSR count). The summed E-state index contributed by atoms with van der Waals surface area (Å²) in [4.78, 5) is 0.524. The van der Waals surface area contributed by atoms with Gasteiger partial charge in [-0.15, -0.1) is 0 Å². The molecule has 1 saturated carbocycles. The van der Waals surface area contributed by atoms with Gasteiger partial charge in [0.1, 0.15) is 0 Å². The SMILES string of the molecule is O=S(=O)(NC[C@H]1CCC[C@@H](CNS(=O)(=O)c2ccccc2)C1)c1ccccc1. The van der Waals surface area contributed by atoms with Crippen molar-refractivity contribution in [1.82, 2.24) is 9.44 Å². The molecule has 6 nitrogen and oxygen atoms in total. The first-order valence-corrected chi connectivity index (χ1v) is 12.4. The lowest BCUT2D eigenvalue weighted by Gasteiger charge is -2.29. The molecular formula is C20H26N2O4S2. The van der Waals surface area contributed by atoms with E-state index in [1.165, 1.54) is 0 Å². The van der Waals surface area contributed by atoms with E-state index in [9.17, 15) is 16.8 Å². The Morgan fingerprint density at radius 2 is 1.07 bits per heavy atom. The molecule has 0 heterocycles. The van der Waals surface area contributed by atoms with Gasteiger partial charge < -0.3 is 0 Å². The Kier molecular flexibility index (Phi) is 6.87. The molecule has 0 spiro atoms. The zero-order valence-corrected chi connectivity index (χ0v) is 17.3. The molecule has 0 aromatic heterocycles. The summed E-state index contributed by atoms with van der Waals surface area (Å²) in [6, 6.07) is 16.6. The Morgan fingerprint density at radius 1 is 0.679 bits per heavy atom. The highest BCUT2D eigenvalue weighted by molar-refractivity contribution is 7.89. The van der Waals surface area contributed by atoms with E-state index in [0.717, 1.165) is 25.7 Å². The topological polar surface area (TPSA) is 92.3 Å². The summed E-state index contributed by atoms with van der Waals surface area (Å²) < 4.78 is 54.9. The summed E-state index contributed by atoms with van der Waals surface area (Å²) in [6.45, 7) is 0.748. The van der Waals surface area contributed by atoms with Crippen LogP contribution in [0.5, 0.6) is 0 Å². The van der Waals surface area contributed by atoms with Gasteiger partial charge in [-0.2, -0.15) is 0 Å². The third kappa shape index (κ3) is 5.64. The Hall–Kier alpha value is -1.74. The number of benzene rings is 2. The molecule has 0 amide bonds. The lowest BCUT2D eigenvalue weighted by atomic mass is 9.81. The number of nitrogens with one attached hydrogen (secondary N) is 2. The van der Waals surface area contributed by atoms with Gasteiger partial charge in [-0.1, -0.05) is 42.8 Å². The zero-order chi connectivity index (χ0) is 20.0. The molecular weight excluding hydrogens is 396 g/mol. The standard InChI is InChI=1S/C20H26N2O4S2/c23-27(24,19-10-3-1-4-11-19)21-15-17-8-7-9-18(14-17)16-22-28(25,26)20-12-5-2-6-13-20/h1-6,10-13,17-18,21-22H,7-9,14-16H2/t17-,18+. The van der Waals surface area contributed by atoms with Gasteiger partial charge in [-0.25, -0.2) is 26.3 Å². The number of sulfonamides is 2. The lowest BCUT2D eigenvalue weighted by molar-refractivity contribution is 0.268. The lowest BCUT2D eigenvalue weighted by Crippen LogP contribution is -2.35. The van der Waals surface area contributed by atoms with Crippen LogP contribution in [0.25, 0.3) is 0 Å². The normalized spacial score (nSPS) is 20.7. The fourth-order valence-electron chi connectivity index (χ4n) is 3.59. The quantitative estimate of drug-likeness (QED) is 0.684. The number of hydrogen-bond acceptors (Lipinski definition) is 4. The van der Waals surface area contributed by atoms with Crippen LogP contribution in [0.1, 0.15) is 25.7 Å². The summed E-state index contributed by atoms with van der Waals surface area (Å²) in [7, 11) is -7.02. The second kappa shape index (κ2) is 9.17. The molecule has 1 fully saturated rings. The molecule has 8 heteroatoms. The first kappa shape index (κ1) is 21.0. The molecule has 2 N–H and O–H groups in total. The van der Waals surface area contributed by atoms with Crippen molar-refractivity contribution in [3.05, 3.63) is 60.7 Å². The molecule has 0 aliphatic heterocycles. The number of rotatable bonds is 8. The van der Waals surface area contributed by atoms with Crippen LogP contribution in [-0.2, 0) is 20.0 Å². The number of hydrogen-bond donors (Lipinski definition) is 2. The molecule has 2 atom stereocenters. The van der Waals surface area contributed by atoms with E-state index in [1.54, 1.807) is 60.7 Å². The predicted octanol–water partition coefficient (Wildman–Crippen LogP) is 2.75. The highest BCUT2D eigenvalue weighted by Crippen LogP contribution is 2.29. The van der Waals surface area contributed by atoms with E-state index in [-0.39, 0.29) is 21.6 Å². The third-order valence-corrected chi connectivity index (χ3v) is 8.00. The monoisotopic (exact) mass is 422 g/mol. The Morgan fingerprint density at radius 3 is 1.46 bits per heavy atom. The summed E-state index contributed by atoms with van der Waals surface area (Å²) in [5.41, 5.74) is 0. The molecule has 2 aromatic carbocycles. The Labute approximate surface area is 167 Å². The second-order valence-electron chi connectivity index (χ2n) is 7.23. The molecule has 152 valence electrons. The van der Waals surface area contributed by atoms with E-state index in [2.05, 4.69) is 9.44 Å². The second-order valence-corrected chi connectivity index (χ2v) is 10.8. The van der Waals surface area contributed by atoms with Gasteiger partial charge in [0.15, 0.2) is 0 Å². The molecule has 1 aliphatic rings. The predicted molar refractivity (Wildman–Crippen MR) is 109 cm³/mol. The molecule has 0 radical (unpaired) electrons. The molecule has 0 saturated heterocycles. The van der Waals surface area contributed by atoms with Crippen molar-refractivity contribution in [2.24, 2.45) is 11.8 Å². The van der Waals surface area contributed by atoms with E-state index in [0.29, 0.717) is 13.1 Å². The van der Waals surface area contributed by atoms with Crippen LogP contribution in [0, 0.1) is 11.8 Å². The molecule has 1 aliphatic carbocycles. The van der Waals surface area contributed by atoms with Crippen molar-refractivity contribution >= 4 is 20.0 Å². The Balaban J connectivity index is 1.52. The summed E-state index contributed by atoms with van der Waals surface area (Å²) >= 11 is 0. The maximum atomic E-state index is 12.4. The third-order valence-electron chi connectivity index (χ3n) is 5.12. The van der Waals surface area contributed by atoms with Crippen LogP contribution in [-0.4, -0.2) is 29.9 Å². The van der Waals surface area contributed by atoms with Gasteiger partial charge in [0.25, 0.3) is 0 Å². The fourth-order valence-corrected chi connectivity index (χ4v) is 5.87. The molecule has 2 aromatic rings. The van der Waals surface area contributed by atoms with Crippen molar-refractivity contribution in [2.45, 2.75) is 35.5 Å². The largest absolute Gasteiger partial charge is 0.240 e. The highest BCUT2D eigenvalue weighted by Gasteiger charge is 2.25. The first-order chi connectivity index (χ1) is 13.4. The van der Waals surface area contributed by atoms with Crippen molar-refractivity contribution in [3.8, 4) is 0 Å². The zero-order valence-electron chi connectivity index (χ0n) is 15.6. The van der Waals surface area contributed by atoms with E-state index in [1.807, 2.05) is 0 Å². The van der Waals surface area contributed by atoms with E-state index >= 15 is 0 Å². The van der Waals surface area contributed by atoms with Gasteiger partial charge in [0, 0.05) is 13.1 Å². The first-order valence-electron chi connectivity index (χ1n) is 9.46. The van der Waals surface area contributed by atoms with Gasteiger partial charge in [-0.3, -0.25) is 0 Å². The maximum Gasteiger partial charge on any atom is 0.240 e. The van der Waals surface area contributed by atoms with Gasteiger partial charge >= 0.3 is 0 Å². The minimum absolute atomic E-state index is 0.207. The van der Waals surface area contributed by atoms with Crippen molar-refractivity contribution < 1.29 is 16.8 Å². The van der Waals surface area contributed by atoms with Crippen LogP contribution in [0.2, 0.25) is 0 Å². The van der Waals surface area contributed by atoms with Crippen LogP contribution in [0.3, 0.4) is 0 Å². The highest BCUT2D eigenvalue weighted by atomic mass is 32.2. The average Bonchev–Trinajstić information content (AvgIpc) is 2.73. The van der Waals surface area contributed by atoms with Crippen molar-refractivity contribution in [2.75, 3.05) is 13.1 Å². The summed E-state index contributed by atoms with van der Waals surface area (Å²) in [6.07, 6.45) is 3.66. The Bertz CT molecular complexity index is 882. The van der Waals surface area contributed by atoms with Crippen LogP contribution >= 0.6 is 0 Å². The van der Waals surface area contributed by atoms with Crippen molar-refractivity contribution in [1.29, 1.82) is 0 Å². The molecule has 28 heavy (non-hydrogen) atoms. The van der Waals surface area contributed by atoms with Crippen LogP contribution < -0.4 is 9.44 Å². The molecule has 0 bridgehead atoms.